The van der Waals surface area contributed by atoms with Gasteiger partial charge in [0.25, 0.3) is 0 Å². The summed E-state index contributed by atoms with van der Waals surface area (Å²) in [5.41, 5.74) is 4.01. The molecular weight excluding hydrogens is 591 g/mol. The molecule has 0 fully saturated rings. The van der Waals surface area contributed by atoms with Crippen molar-refractivity contribution in [2.45, 2.75) is 19.3 Å². The molecule has 0 aliphatic rings. The number of rotatable bonds is 12. The lowest BCUT2D eigenvalue weighted by atomic mass is 10.0. The molecule has 0 aliphatic heterocycles. The fourth-order valence-electron chi connectivity index (χ4n) is 4.77. The SMILES string of the molecule is O=P(O)(O)OCCCCc1nccc(-c2cccnc2Oc2ccc(Nc3nnc(-c4ccccc4)c4ccccc34)cc2)n1. The average Bonchev–Trinajstić information content (AvgIpc) is 3.06. The van der Waals surface area contributed by atoms with Crippen molar-refractivity contribution in [3.05, 3.63) is 115 Å². The number of aromatic nitrogens is 5. The van der Waals surface area contributed by atoms with Gasteiger partial charge < -0.3 is 19.8 Å². The minimum atomic E-state index is -4.46. The van der Waals surface area contributed by atoms with Crippen molar-refractivity contribution in [3.63, 3.8) is 0 Å². The van der Waals surface area contributed by atoms with Crippen LogP contribution in [0.3, 0.4) is 0 Å². The molecule has 3 heterocycles. The van der Waals surface area contributed by atoms with Crippen molar-refractivity contribution in [3.8, 4) is 34.1 Å². The van der Waals surface area contributed by atoms with Crippen LogP contribution in [0, 0.1) is 0 Å². The van der Waals surface area contributed by atoms with Crippen LogP contribution >= 0.6 is 7.82 Å². The topological polar surface area (TPSA) is 152 Å². The third-order valence-corrected chi connectivity index (χ3v) is 7.39. The van der Waals surface area contributed by atoms with Gasteiger partial charge in [0.15, 0.2) is 5.82 Å². The highest BCUT2D eigenvalue weighted by Gasteiger charge is 2.15. The maximum atomic E-state index is 10.8. The Labute approximate surface area is 259 Å². The zero-order valence-corrected chi connectivity index (χ0v) is 24.9. The molecule has 3 N–H and O–H groups in total. The maximum Gasteiger partial charge on any atom is 0.469 e. The number of pyridine rings is 1. The van der Waals surface area contributed by atoms with E-state index in [1.807, 2.05) is 91.0 Å². The lowest BCUT2D eigenvalue weighted by Crippen LogP contribution is -2.00. The highest BCUT2D eigenvalue weighted by atomic mass is 31.2. The van der Waals surface area contributed by atoms with Gasteiger partial charge in [-0.15, -0.1) is 10.2 Å². The molecule has 0 aliphatic carbocycles. The molecule has 0 unspecified atom stereocenters. The van der Waals surface area contributed by atoms with Crippen molar-refractivity contribution in [1.29, 1.82) is 0 Å². The molecule has 12 heteroatoms. The standard InChI is InChI=1S/C33H29N6O5P/c40-45(41,42)43-22-7-6-14-30-34-21-19-29(37-30)28-13-8-20-35-33(28)44-25-17-15-24(16-18-25)36-32-27-12-5-4-11-26(27)31(38-39-32)23-9-2-1-3-10-23/h1-5,8-13,15-21H,6-7,14,22H2,(H,36,39)(H2,40,41,42). The van der Waals surface area contributed by atoms with E-state index in [0.29, 0.717) is 53.8 Å². The van der Waals surface area contributed by atoms with Crippen molar-refractivity contribution in [2.24, 2.45) is 0 Å². The van der Waals surface area contributed by atoms with Crippen molar-refractivity contribution in [2.75, 3.05) is 11.9 Å². The van der Waals surface area contributed by atoms with Gasteiger partial charge >= 0.3 is 7.82 Å². The smallest absolute Gasteiger partial charge is 0.438 e. The average molecular weight is 621 g/mol. The lowest BCUT2D eigenvalue weighted by Gasteiger charge is -2.13. The lowest BCUT2D eigenvalue weighted by molar-refractivity contribution is 0.194. The molecule has 0 saturated heterocycles. The van der Waals surface area contributed by atoms with E-state index in [1.165, 1.54) is 0 Å². The first kappa shape index (κ1) is 30.0. The van der Waals surface area contributed by atoms with E-state index in [4.69, 9.17) is 14.5 Å². The Morgan fingerprint density at radius 1 is 0.756 bits per heavy atom. The molecular formula is C33H29N6O5P. The molecule has 6 rings (SSSR count). The normalized spacial score (nSPS) is 11.4. The van der Waals surface area contributed by atoms with Crippen LogP contribution in [0.4, 0.5) is 11.5 Å². The van der Waals surface area contributed by atoms with Gasteiger partial charge in [-0.2, -0.15) is 0 Å². The Hall–Kier alpha value is -5.06. The van der Waals surface area contributed by atoms with Crippen LogP contribution < -0.4 is 10.1 Å². The molecule has 0 saturated carbocycles. The number of hydrogen-bond donors (Lipinski definition) is 3. The van der Waals surface area contributed by atoms with Gasteiger partial charge in [0, 0.05) is 40.8 Å². The van der Waals surface area contributed by atoms with Crippen LogP contribution in [-0.4, -0.2) is 41.5 Å². The number of aryl methyl sites for hydroxylation is 1. The Morgan fingerprint density at radius 2 is 1.53 bits per heavy atom. The number of phosphoric ester groups is 1. The number of anilines is 2. The van der Waals surface area contributed by atoms with Gasteiger partial charge in [-0.25, -0.2) is 19.5 Å². The molecule has 0 radical (unpaired) electrons. The van der Waals surface area contributed by atoms with Gasteiger partial charge in [0.2, 0.25) is 5.88 Å². The molecule has 11 nitrogen and oxygen atoms in total. The molecule has 45 heavy (non-hydrogen) atoms. The van der Waals surface area contributed by atoms with E-state index < -0.39 is 7.82 Å². The fourth-order valence-corrected chi connectivity index (χ4v) is 5.13. The van der Waals surface area contributed by atoms with E-state index in [0.717, 1.165) is 27.7 Å². The third-order valence-electron chi connectivity index (χ3n) is 6.87. The molecule has 226 valence electrons. The molecule has 0 spiro atoms. The first-order valence-electron chi connectivity index (χ1n) is 14.3. The highest BCUT2D eigenvalue weighted by molar-refractivity contribution is 7.46. The highest BCUT2D eigenvalue weighted by Crippen LogP contribution is 2.36. The van der Waals surface area contributed by atoms with E-state index in [-0.39, 0.29) is 6.61 Å². The Morgan fingerprint density at radius 3 is 2.33 bits per heavy atom. The van der Waals surface area contributed by atoms with Crippen molar-refractivity contribution < 1.29 is 23.6 Å². The van der Waals surface area contributed by atoms with Crippen LogP contribution in [0.15, 0.2) is 109 Å². The Kier molecular flexibility index (Phi) is 9.14. The number of benzene rings is 3. The van der Waals surface area contributed by atoms with Crippen LogP contribution in [0.5, 0.6) is 11.6 Å². The zero-order chi connectivity index (χ0) is 31.1. The predicted octanol–water partition coefficient (Wildman–Crippen LogP) is 7.12. The molecule has 3 aromatic heterocycles. The summed E-state index contributed by atoms with van der Waals surface area (Å²) < 4.78 is 21.5. The van der Waals surface area contributed by atoms with Gasteiger partial charge in [0.1, 0.15) is 17.3 Å². The predicted molar refractivity (Wildman–Crippen MR) is 171 cm³/mol. The minimum absolute atomic E-state index is 0.0383. The van der Waals surface area contributed by atoms with E-state index in [2.05, 4.69) is 35.0 Å². The first-order chi connectivity index (χ1) is 21.9. The van der Waals surface area contributed by atoms with Gasteiger partial charge in [-0.1, -0.05) is 54.6 Å². The number of nitrogens with zero attached hydrogens (tertiary/aromatic N) is 5. The molecule has 6 aromatic rings. The summed E-state index contributed by atoms with van der Waals surface area (Å²) in [5.74, 6) is 2.24. The third kappa shape index (κ3) is 7.72. The van der Waals surface area contributed by atoms with E-state index in [9.17, 15) is 4.57 Å². The first-order valence-corrected chi connectivity index (χ1v) is 15.8. The van der Waals surface area contributed by atoms with Gasteiger partial charge in [-0.05, 0) is 55.3 Å². The van der Waals surface area contributed by atoms with Crippen LogP contribution in [0.2, 0.25) is 0 Å². The molecule has 0 amide bonds. The second-order valence-corrected chi connectivity index (χ2v) is 11.3. The van der Waals surface area contributed by atoms with Crippen LogP contribution in [0.25, 0.3) is 33.3 Å². The summed E-state index contributed by atoms with van der Waals surface area (Å²) in [6, 6.07) is 31.0. The number of ether oxygens (including phenoxy) is 1. The summed E-state index contributed by atoms with van der Waals surface area (Å²) >= 11 is 0. The maximum absolute atomic E-state index is 10.8. The quantitative estimate of drug-likeness (QED) is 0.0947. The summed E-state index contributed by atoms with van der Waals surface area (Å²) in [7, 11) is -4.46. The monoisotopic (exact) mass is 620 g/mol. The van der Waals surface area contributed by atoms with Crippen LogP contribution in [-0.2, 0) is 15.5 Å². The summed E-state index contributed by atoms with van der Waals surface area (Å²) in [6.45, 7) is -0.0383. The van der Waals surface area contributed by atoms with E-state index in [1.54, 1.807) is 18.5 Å². The number of phosphoric acid groups is 1. The largest absolute Gasteiger partial charge is 0.469 e. The van der Waals surface area contributed by atoms with Crippen molar-refractivity contribution >= 4 is 30.1 Å². The van der Waals surface area contributed by atoms with Gasteiger partial charge in [0.05, 0.1) is 17.9 Å². The fraction of sp³-hybridized carbons (Fsp3) is 0.121. The summed E-state index contributed by atoms with van der Waals surface area (Å²) in [5, 5.41) is 14.4. The zero-order valence-electron chi connectivity index (χ0n) is 24.0. The Bertz CT molecular complexity index is 1950. The summed E-state index contributed by atoms with van der Waals surface area (Å²) in [6.07, 6.45) is 4.92. The molecule has 0 bridgehead atoms. The van der Waals surface area contributed by atoms with Gasteiger partial charge in [-0.3, -0.25) is 4.52 Å². The van der Waals surface area contributed by atoms with Crippen molar-refractivity contribution in [1.82, 2.24) is 25.1 Å². The molecule has 3 aromatic carbocycles. The second kappa shape index (κ2) is 13.7. The van der Waals surface area contributed by atoms with E-state index >= 15 is 0 Å². The van der Waals surface area contributed by atoms with Crippen LogP contribution in [0.1, 0.15) is 18.7 Å². The number of fused-ring (bicyclic) bond motifs is 1. The summed E-state index contributed by atoms with van der Waals surface area (Å²) in [4.78, 5) is 31.1. The Balaban J connectivity index is 1.15. The second-order valence-electron chi connectivity index (χ2n) is 10.1. The number of hydrogen-bond acceptors (Lipinski definition) is 9. The molecule has 0 atom stereocenters. The minimum Gasteiger partial charge on any atom is -0.438 e. The number of unbranched alkanes of at least 4 members (excludes halogenated alkanes) is 1. The number of nitrogens with one attached hydrogen (secondary N) is 1.